The van der Waals surface area contributed by atoms with Gasteiger partial charge in [-0.25, -0.2) is 4.98 Å². The van der Waals surface area contributed by atoms with Crippen LogP contribution in [-0.4, -0.2) is 65.2 Å². The molecule has 2 heterocycles. The average Bonchev–Trinajstić information content (AvgIpc) is 2.74. The van der Waals surface area contributed by atoms with Crippen molar-refractivity contribution in [3.05, 3.63) is 59.8 Å². The molecule has 1 atom stereocenters. The molecule has 0 spiro atoms. The Balaban J connectivity index is 1.50. The maximum Gasteiger partial charge on any atom is 0.259 e. The first-order valence-corrected chi connectivity index (χ1v) is 10.4. The van der Waals surface area contributed by atoms with Gasteiger partial charge in [-0.1, -0.05) is 30.3 Å². The van der Waals surface area contributed by atoms with E-state index in [-0.39, 0.29) is 11.8 Å². The normalized spacial score (nSPS) is 16.1. The Bertz CT molecular complexity index is 776. The molecule has 1 saturated heterocycles. The minimum atomic E-state index is -0.390. The molecule has 0 aliphatic carbocycles. The molecule has 156 valence electrons. The molecule has 0 saturated carbocycles. The highest BCUT2D eigenvalue weighted by molar-refractivity contribution is 5.96. The van der Waals surface area contributed by atoms with E-state index in [1.165, 1.54) is 5.56 Å². The van der Waals surface area contributed by atoms with E-state index in [0.29, 0.717) is 37.7 Å². The number of likely N-dealkylation sites (tertiary alicyclic amines) is 1. The molecule has 1 aromatic heterocycles. The summed E-state index contributed by atoms with van der Waals surface area (Å²) in [6.45, 7) is 5.08. The number of aliphatic hydroxyl groups is 1. The van der Waals surface area contributed by atoms with Gasteiger partial charge in [0, 0.05) is 32.4 Å². The fourth-order valence-corrected chi connectivity index (χ4v) is 3.89. The van der Waals surface area contributed by atoms with Crippen molar-refractivity contribution in [2.24, 2.45) is 5.92 Å². The monoisotopic (exact) mass is 397 g/mol. The first kappa shape index (κ1) is 21.3. The van der Waals surface area contributed by atoms with Gasteiger partial charge < -0.3 is 14.7 Å². The van der Waals surface area contributed by atoms with Crippen LogP contribution in [0.5, 0.6) is 5.88 Å². The van der Waals surface area contributed by atoms with E-state index in [1.54, 1.807) is 18.3 Å². The van der Waals surface area contributed by atoms with Crippen molar-refractivity contribution in [2.45, 2.75) is 32.4 Å². The lowest BCUT2D eigenvalue weighted by atomic mass is 9.90. The predicted molar refractivity (Wildman–Crippen MR) is 113 cm³/mol. The molecule has 3 rings (SSSR count). The molecule has 2 aromatic rings. The van der Waals surface area contributed by atoms with Gasteiger partial charge >= 0.3 is 0 Å². The zero-order chi connectivity index (χ0) is 20.6. The molecule has 6 heteroatoms. The van der Waals surface area contributed by atoms with Gasteiger partial charge in [-0.3, -0.25) is 9.69 Å². The molecule has 1 aliphatic heterocycles. The number of benzene rings is 1. The molecular weight excluding hydrogens is 366 g/mol. The Kier molecular flexibility index (Phi) is 7.61. The number of hydrogen-bond acceptors (Lipinski definition) is 5. The van der Waals surface area contributed by atoms with Crippen LogP contribution in [0.3, 0.4) is 0 Å². The summed E-state index contributed by atoms with van der Waals surface area (Å²) >= 11 is 0. The third-order valence-electron chi connectivity index (χ3n) is 5.45. The summed E-state index contributed by atoms with van der Waals surface area (Å²) in [5.74, 6) is 0.554. The van der Waals surface area contributed by atoms with Crippen LogP contribution in [-0.2, 0) is 6.54 Å². The van der Waals surface area contributed by atoms with Gasteiger partial charge in [0.25, 0.3) is 5.91 Å². The van der Waals surface area contributed by atoms with Crippen LogP contribution in [0.4, 0.5) is 0 Å². The Morgan fingerprint density at radius 1 is 1.24 bits per heavy atom. The number of aromatic nitrogens is 1. The second-order valence-corrected chi connectivity index (χ2v) is 7.67. The van der Waals surface area contributed by atoms with Crippen molar-refractivity contribution in [2.75, 3.05) is 33.3 Å². The first-order valence-electron chi connectivity index (χ1n) is 10.4. The number of pyridine rings is 1. The minimum absolute atomic E-state index is 0.0457. The van der Waals surface area contributed by atoms with Crippen LogP contribution in [0.1, 0.15) is 35.7 Å². The Hall–Kier alpha value is -2.44. The van der Waals surface area contributed by atoms with Crippen molar-refractivity contribution in [3.63, 3.8) is 0 Å². The van der Waals surface area contributed by atoms with Crippen molar-refractivity contribution >= 4 is 5.91 Å². The summed E-state index contributed by atoms with van der Waals surface area (Å²) in [5.41, 5.74) is 1.75. The van der Waals surface area contributed by atoms with Gasteiger partial charge in [0.2, 0.25) is 5.88 Å². The lowest BCUT2D eigenvalue weighted by Gasteiger charge is -2.35. The third-order valence-corrected chi connectivity index (χ3v) is 5.45. The van der Waals surface area contributed by atoms with Crippen molar-refractivity contribution in [1.29, 1.82) is 0 Å². The fourth-order valence-electron chi connectivity index (χ4n) is 3.89. The molecule has 1 fully saturated rings. The first-order chi connectivity index (χ1) is 14.1. The van der Waals surface area contributed by atoms with E-state index >= 15 is 0 Å². The second kappa shape index (κ2) is 10.4. The number of aliphatic hydroxyl groups excluding tert-OH is 1. The molecule has 1 aliphatic rings. The molecular formula is C23H31N3O3. The van der Waals surface area contributed by atoms with Gasteiger partial charge in [0.1, 0.15) is 5.56 Å². The summed E-state index contributed by atoms with van der Waals surface area (Å²) in [7, 11) is 2.03. The summed E-state index contributed by atoms with van der Waals surface area (Å²) in [6, 6.07) is 13.8. The van der Waals surface area contributed by atoms with E-state index in [4.69, 9.17) is 4.74 Å². The average molecular weight is 398 g/mol. The van der Waals surface area contributed by atoms with E-state index in [1.807, 2.05) is 37.1 Å². The van der Waals surface area contributed by atoms with Crippen LogP contribution in [0.25, 0.3) is 0 Å². The lowest BCUT2D eigenvalue weighted by Crippen LogP contribution is -2.43. The van der Waals surface area contributed by atoms with Crippen LogP contribution < -0.4 is 4.74 Å². The number of carbonyl (C=O) groups excluding carboxylic acids is 1. The lowest BCUT2D eigenvalue weighted by molar-refractivity contribution is 0.0317. The number of rotatable bonds is 8. The highest BCUT2D eigenvalue weighted by Crippen LogP contribution is 2.25. The number of carbonyl (C=O) groups is 1. The predicted octanol–water partition coefficient (Wildman–Crippen LogP) is 2.83. The van der Waals surface area contributed by atoms with Gasteiger partial charge in [0.05, 0.1) is 12.7 Å². The zero-order valence-electron chi connectivity index (χ0n) is 17.3. The Morgan fingerprint density at radius 2 is 1.97 bits per heavy atom. The number of likely N-dealkylation sites (N-methyl/N-ethyl adjacent to an activating group) is 1. The standard InChI is InChI=1S/C23H31N3O3/c1-3-29-22-20(10-7-13-24-22)23(28)26-14-11-19(12-15-26)21(27)17-25(2)16-18-8-5-4-6-9-18/h4-10,13,19,21,27H,3,11-12,14-17H2,1-2H3. The summed E-state index contributed by atoms with van der Waals surface area (Å²) in [4.78, 5) is 21.1. The van der Waals surface area contributed by atoms with Crippen molar-refractivity contribution in [3.8, 4) is 5.88 Å². The molecule has 1 aromatic carbocycles. The summed E-state index contributed by atoms with van der Waals surface area (Å²) in [6.07, 6.45) is 2.85. The van der Waals surface area contributed by atoms with Crippen molar-refractivity contribution < 1.29 is 14.6 Å². The summed E-state index contributed by atoms with van der Waals surface area (Å²) < 4.78 is 5.50. The topological polar surface area (TPSA) is 65.9 Å². The molecule has 0 bridgehead atoms. The Labute approximate surface area is 173 Å². The second-order valence-electron chi connectivity index (χ2n) is 7.67. The van der Waals surface area contributed by atoms with E-state index < -0.39 is 6.10 Å². The number of amides is 1. The smallest absolute Gasteiger partial charge is 0.259 e. The number of piperidine rings is 1. The summed E-state index contributed by atoms with van der Waals surface area (Å²) in [5, 5.41) is 10.7. The molecule has 0 radical (unpaired) electrons. The molecule has 1 unspecified atom stereocenters. The van der Waals surface area contributed by atoms with Crippen LogP contribution in [0.2, 0.25) is 0 Å². The van der Waals surface area contributed by atoms with Crippen LogP contribution >= 0.6 is 0 Å². The van der Waals surface area contributed by atoms with Crippen LogP contribution in [0.15, 0.2) is 48.7 Å². The maximum atomic E-state index is 12.9. The third kappa shape index (κ3) is 5.78. The zero-order valence-corrected chi connectivity index (χ0v) is 17.3. The highest BCUT2D eigenvalue weighted by Gasteiger charge is 2.29. The molecule has 1 N–H and O–H groups in total. The highest BCUT2D eigenvalue weighted by atomic mass is 16.5. The van der Waals surface area contributed by atoms with E-state index in [9.17, 15) is 9.90 Å². The van der Waals surface area contributed by atoms with Crippen molar-refractivity contribution in [1.82, 2.24) is 14.8 Å². The maximum absolute atomic E-state index is 12.9. The van der Waals surface area contributed by atoms with Crippen LogP contribution in [0, 0.1) is 5.92 Å². The minimum Gasteiger partial charge on any atom is -0.477 e. The number of ether oxygens (including phenoxy) is 1. The Morgan fingerprint density at radius 3 is 2.66 bits per heavy atom. The van der Waals surface area contributed by atoms with Gasteiger partial charge in [-0.2, -0.15) is 0 Å². The van der Waals surface area contributed by atoms with E-state index in [2.05, 4.69) is 22.0 Å². The fraction of sp³-hybridized carbons (Fsp3) is 0.478. The van der Waals surface area contributed by atoms with Gasteiger partial charge in [0.15, 0.2) is 0 Å². The van der Waals surface area contributed by atoms with Gasteiger partial charge in [-0.15, -0.1) is 0 Å². The largest absolute Gasteiger partial charge is 0.477 e. The SMILES string of the molecule is CCOc1ncccc1C(=O)N1CCC(C(O)CN(C)Cc2ccccc2)CC1. The quantitative estimate of drug-likeness (QED) is 0.742. The van der Waals surface area contributed by atoms with Gasteiger partial charge in [-0.05, 0) is 50.4 Å². The number of nitrogens with zero attached hydrogens (tertiary/aromatic N) is 3. The molecule has 6 nitrogen and oxygen atoms in total. The molecule has 29 heavy (non-hydrogen) atoms. The number of hydrogen-bond donors (Lipinski definition) is 1. The molecule has 1 amide bonds. The van der Waals surface area contributed by atoms with E-state index in [0.717, 1.165) is 19.4 Å².